The van der Waals surface area contributed by atoms with Gasteiger partial charge in [0.05, 0.1) is 6.04 Å². The molecule has 1 aromatic carbocycles. The van der Waals surface area contributed by atoms with E-state index in [1.165, 1.54) is 12.8 Å². The van der Waals surface area contributed by atoms with Crippen molar-refractivity contribution in [2.75, 3.05) is 6.54 Å². The van der Waals surface area contributed by atoms with Crippen molar-refractivity contribution >= 4 is 0 Å². The van der Waals surface area contributed by atoms with E-state index in [4.69, 9.17) is 10.3 Å². The first kappa shape index (κ1) is 17.5. The molecular formula is C21H22N4O2. The second-order valence-electron chi connectivity index (χ2n) is 6.86. The zero-order valence-electron chi connectivity index (χ0n) is 15.2. The minimum Gasteiger partial charge on any atom is -0.385 e. The largest absolute Gasteiger partial charge is 0.385 e. The van der Waals surface area contributed by atoms with Crippen LogP contribution >= 0.6 is 0 Å². The van der Waals surface area contributed by atoms with Gasteiger partial charge in [0.15, 0.2) is 5.76 Å². The monoisotopic (exact) mass is 362 g/mol. The lowest BCUT2D eigenvalue weighted by Crippen LogP contribution is -2.22. The average molecular weight is 362 g/mol. The van der Waals surface area contributed by atoms with Crippen molar-refractivity contribution in [1.29, 1.82) is 0 Å². The Morgan fingerprint density at radius 2 is 2.11 bits per heavy atom. The summed E-state index contributed by atoms with van der Waals surface area (Å²) in [5.74, 6) is 8.27. The summed E-state index contributed by atoms with van der Waals surface area (Å²) >= 11 is 0. The molecule has 3 N–H and O–H groups in total. The molecule has 1 fully saturated rings. The summed E-state index contributed by atoms with van der Waals surface area (Å²) in [6, 6.07) is 9.59. The first-order valence-electron chi connectivity index (χ1n) is 9.15. The molecule has 0 amide bonds. The zero-order valence-corrected chi connectivity index (χ0v) is 15.2. The number of aliphatic hydroxyl groups is 1. The van der Waals surface area contributed by atoms with E-state index in [2.05, 4.69) is 22.0 Å². The lowest BCUT2D eigenvalue weighted by atomic mass is 10.1. The van der Waals surface area contributed by atoms with Crippen LogP contribution in [0.25, 0.3) is 11.3 Å². The summed E-state index contributed by atoms with van der Waals surface area (Å²) in [6.45, 7) is 1.99. The molecule has 1 saturated carbocycles. The number of aliphatic hydroxyl groups excluding tert-OH is 1. The standard InChI is InChI=1S/C21H22N4O2/c1-14(26)21-23-10-11-25(21)19(13-22)18-12-20(27-24-18)17-8-6-16(7-9-17)5-4-15-2-3-15/h6-12,14-15,19,26H,2-3,13,22H2,1H3/t14-,19+/m0/s1. The van der Waals surface area contributed by atoms with Crippen molar-refractivity contribution in [3.63, 3.8) is 0 Å². The quantitative estimate of drug-likeness (QED) is 0.681. The van der Waals surface area contributed by atoms with Crippen molar-refractivity contribution in [1.82, 2.24) is 14.7 Å². The van der Waals surface area contributed by atoms with Crippen LogP contribution in [0.3, 0.4) is 0 Å². The fourth-order valence-corrected chi connectivity index (χ4v) is 3.00. The summed E-state index contributed by atoms with van der Waals surface area (Å²) in [7, 11) is 0. The molecule has 2 heterocycles. The highest BCUT2D eigenvalue weighted by Gasteiger charge is 2.22. The second-order valence-corrected chi connectivity index (χ2v) is 6.86. The van der Waals surface area contributed by atoms with Gasteiger partial charge in [0.1, 0.15) is 17.6 Å². The predicted molar refractivity (Wildman–Crippen MR) is 102 cm³/mol. The fourth-order valence-electron chi connectivity index (χ4n) is 3.00. The number of hydrogen-bond donors (Lipinski definition) is 2. The Bertz CT molecular complexity index is 972. The maximum Gasteiger partial charge on any atom is 0.167 e. The molecule has 0 radical (unpaired) electrons. The highest BCUT2D eigenvalue weighted by Crippen LogP contribution is 2.28. The molecule has 0 unspecified atom stereocenters. The van der Waals surface area contributed by atoms with E-state index < -0.39 is 6.10 Å². The van der Waals surface area contributed by atoms with Crippen molar-refractivity contribution in [3.05, 3.63) is 59.8 Å². The molecule has 3 aromatic rings. The normalized spacial score (nSPS) is 15.8. The Kier molecular flexibility index (Phi) is 4.80. The van der Waals surface area contributed by atoms with Gasteiger partial charge in [0, 0.05) is 42.0 Å². The van der Waals surface area contributed by atoms with E-state index in [0.717, 1.165) is 11.1 Å². The molecule has 138 valence electrons. The van der Waals surface area contributed by atoms with Gasteiger partial charge in [-0.05, 0) is 44.0 Å². The Balaban J connectivity index is 1.57. The third-order valence-corrected chi connectivity index (χ3v) is 4.67. The van der Waals surface area contributed by atoms with Gasteiger partial charge in [-0.1, -0.05) is 17.0 Å². The van der Waals surface area contributed by atoms with Crippen molar-refractivity contribution < 1.29 is 9.63 Å². The summed E-state index contributed by atoms with van der Waals surface area (Å²) < 4.78 is 7.38. The molecule has 0 aliphatic heterocycles. The average Bonchev–Trinajstić information content (AvgIpc) is 3.16. The smallest absolute Gasteiger partial charge is 0.167 e. The van der Waals surface area contributed by atoms with Gasteiger partial charge in [0.25, 0.3) is 0 Å². The number of nitrogens with two attached hydrogens (primary N) is 1. The minimum atomic E-state index is -0.690. The molecule has 4 rings (SSSR count). The molecule has 0 spiro atoms. The summed E-state index contributed by atoms with van der Waals surface area (Å²) in [5.41, 5.74) is 8.61. The van der Waals surface area contributed by atoms with Gasteiger partial charge in [-0.15, -0.1) is 0 Å². The Hall–Kier alpha value is -2.88. The van der Waals surface area contributed by atoms with Gasteiger partial charge in [-0.25, -0.2) is 4.98 Å². The molecule has 2 atom stereocenters. The van der Waals surface area contributed by atoms with Crippen LogP contribution in [0.5, 0.6) is 0 Å². The topological polar surface area (TPSA) is 90.1 Å². The molecule has 1 aliphatic rings. The molecule has 0 bridgehead atoms. The van der Waals surface area contributed by atoms with E-state index in [1.807, 2.05) is 34.9 Å². The predicted octanol–water partition coefficient (Wildman–Crippen LogP) is 2.90. The molecule has 6 nitrogen and oxygen atoms in total. The van der Waals surface area contributed by atoms with E-state index >= 15 is 0 Å². The van der Waals surface area contributed by atoms with Crippen LogP contribution in [-0.2, 0) is 0 Å². The van der Waals surface area contributed by atoms with Gasteiger partial charge < -0.3 is 19.9 Å². The lowest BCUT2D eigenvalue weighted by Gasteiger charge is -2.17. The number of hydrogen-bond acceptors (Lipinski definition) is 5. The summed E-state index contributed by atoms with van der Waals surface area (Å²) in [6.07, 6.45) is 5.20. The first-order valence-corrected chi connectivity index (χ1v) is 9.15. The number of imidazole rings is 1. The molecular weight excluding hydrogens is 340 g/mol. The maximum atomic E-state index is 9.90. The number of benzene rings is 1. The van der Waals surface area contributed by atoms with Crippen molar-refractivity contribution in [2.24, 2.45) is 11.7 Å². The SMILES string of the molecule is C[C@H](O)c1nccn1[C@H](CN)c1cc(-c2ccc(C#CC3CC3)cc2)on1. The first-order chi connectivity index (χ1) is 13.2. The van der Waals surface area contributed by atoms with Crippen LogP contribution < -0.4 is 5.73 Å². The maximum absolute atomic E-state index is 9.90. The van der Waals surface area contributed by atoms with Crippen LogP contribution in [0.15, 0.2) is 47.2 Å². The highest BCUT2D eigenvalue weighted by atomic mass is 16.5. The van der Waals surface area contributed by atoms with E-state index in [1.54, 1.807) is 19.3 Å². The van der Waals surface area contributed by atoms with E-state index in [-0.39, 0.29) is 6.04 Å². The zero-order chi connectivity index (χ0) is 18.8. The minimum absolute atomic E-state index is 0.252. The van der Waals surface area contributed by atoms with Gasteiger partial charge in [-0.2, -0.15) is 0 Å². The molecule has 2 aromatic heterocycles. The van der Waals surface area contributed by atoms with Crippen molar-refractivity contribution in [2.45, 2.75) is 31.9 Å². The Morgan fingerprint density at radius 1 is 1.33 bits per heavy atom. The van der Waals surface area contributed by atoms with E-state index in [9.17, 15) is 5.11 Å². The summed E-state index contributed by atoms with van der Waals surface area (Å²) in [5, 5.41) is 14.1. The van der Waals surface area contributed by atoms with Crippen LogP contribution in [0.4, 0.5) is 0 Å². The number of rotatable bonds is 5. The van der Waals surface area contributed by atoms with E-state index in [0.29, 0.717) is 29.7 Å². The Labute approximate surface area is 158 Å². The molecule has 0 saturated heterocycles. The van der Waals surface area contributed by atoms with Crippen LogP contribution in [0.1, 0.15) is 49.0 Å². The van der Waals surface area contributed by atoms with Crippen LogP contribution in [0.2, 0.25) is 0 Å². The van der Waals surface area contributed by atoms with Crippen LogP contribution in [0, 0.1) is 17.8 Å². The number of nitrogens with zero attached hydrogens (tertiary/aromatic N) is 3. The Morgan fingerprint density at radius 3 is 2.78 bits per heavy atom. The fraction of sp³-hybridized carbons (Fsp3) is 0.333. The summed E-state index contributed by atoms with van der Waals surface area (Å²) in [4.78, 5) is 4.21. The third kappa shape index (κ3) is 3.80. The molecule has 27 heavy (non-hydrogen) atoms. The van der Waals surface area contributed by atoms with Crippen molar-refractivity contribution in [3.8, 4) is 23.2 Å². The molecule has 1 aliphatic carbocycles. The lowest BCUT2D eigenvalue weighted by molar-refractivity contribution is 0.182. The van der Waals surface area contributed by atoms with Gasteiger partial charge in [0.2, 0.25) is 0 Å². The third-order valence-electron chi connectivity index (χ3n) is 4.67. The molecule has 6 heteroatoms. The number of aromatic nitrogens is 3. The van der Waals surface area contributed by atoms with Crippen LogP contribution in [-0.4, -0.2) is 26.4 Å². The van der Waals surface area contributed by atoms with Gasteiger partial charge in [-0.3, -0.25) is 0 Å². The van der Waals surface area contributed by atoms with Gasteiger partial charge >= 0.3 is 0 Å². The second kappa shape index (κ2) is 7.39. The highest BCUT2D eigenvalue weighted by molar-refractivity contribution is 5.59.